The number of nitrogens with one attached hydrogen (secondary N) is 1. The Hall–Kier alpha value is -3.04. The van der Waals surface area contributed by atoms with E-state index < -0.39 is 5.91 Å². The number of hydrazone groups is 1. The van der Waals surface area contributed by atoms with Gasteiger partial charge in [0.25, 0.3) is 11.5 Å². The number of carbonyl (C=O) groups excluding carboxylic acids is 1. The van der Waals surface area contributed by atoms with Crippen molar-refractivity contribution < 1.29 is 4.79 Å². The van der Waals surface area contributed by atoms with Gasteiger partial charge in [0, 0.05) is 24.0 Å². The Bertz CT molecular complexity index is 1240. The quantitative estimate of drug-likeness (QED) is 0.430. The fourth-order valence-corrected chi connectivity index (χ4v) is 3.56. The van der Waals surface area contributed by atoms with Gasteiger partial charge < -0.3 is 0 Å². The summed E-state index contributed by atoms with van der Waals surface area (Å²) in [6.07, 6.45) is 3.22. The van der Waals surface area contributed by atoms with Crippen molar-refractivity contribution in [2.45, 2.75) is 0 Å². The van der Waals surface area contributed by atoms with Crippen LogP contribution in [0.25, 0.3) is 15.7 Å². The number of benzene rings is 1. The van der Waals surface area contributed by atoms with Crippen molar-refractivity contribution in [3.8, 4) is 0 Å². The van der Waals surface area contributed by atoms with Crippen LogP contribution in [0.15, 0.2) is 45.7 Å². The minimum absolute atomic E-state index is 0.111. The Morgan fingerprint density at radius 3 is 2.92 bits per heavy atom. The van der Waals surface area contributed by atoms with Crippen LogP contribution in [0.3, 0.4) is 0 Å². The van der Waals surface area contributed by atoms with Crippen LogP contribution in [0.2, 0.25) is 5.15 Å². The lowest BCUT2D eigenvalue weighted by molar-refractivity contribution is 0.0950. The highest BCUT2D eigenvalue weighted by atomic mass is 35.5. The predicted octanol–water partition coefficient (Wildman–Crippen LogP) is 2.06. The summed E-state index contributed by atoms with van der Waals surface area (Å²) in [5.74, 6) is -0.532. The Labute approximate surface area is 155 Å². The average molecular weight is 387 g/mol. The molecule has 4 aromatic rings. The lowest BCUT2D eigenvalue weighted by Crippen LogP contribution is -2.27. The van der Waals surface area contributed by atoms with Gasteiger partial charge in [-0.2, -0.15) is 10.2 Å². The Morgan fingerprint density at radius 1 is 1.35 bits per heavy atom. The van der Waals surface area contributed by atoms with Crippen LogP contribution in [0, 0.1) is 0 Å². The molecule has 0 fully saturated rings. The summed E-state index contributed by atoms with van der Waals surface area (Å²) in [5, 5.41) is 11.0. The lowest BCUT2D eigenvalue weighted by Gasteiger charge is -2.06. The van der Waals surface area contributed by atoms with Crippen LogP contribution >= 0.6 is 22.9 Å². The molecule has 8 nitrogen and oxygen atoms in total. The number of carbonyl (C=O) groups is 1. The van der Waals surface area contributed by atoms with Crippen molar-refractivity contribution in [1.82, 2.24) is 24.6 Å². The van der Waals surface area contributed by atoms with E-state index in [1.807, 2.05) is 11.6 Å². The molecule has 0 aliphatic carbocycles. The Kier molecular flexibility index (Phi) is 4.02. The molecule has 0 aliphatic heterocycles. The van der Waals surface area contributed by atoms with E-state index in [0.29, 0.717) is 21.6 Å². The number of nitrogens with zero attached hydrogens (tertiary/aromatic N) is 5. The van der Waals surface area contributed by atoms with E-state index in [2.05, 4.69) is 20.6 Å². The highest BCUT2D eigenvalue weighted by Gasteiger charge is 2.15. The monoisotopic (exact) mass is 386 g/mol. The average Bonchev–Trinajstić information content (AvgIpc) is 3.20. The fraction of sp³-hybridized carbons (Fsp3) is 0.0625. The molecule has 3 heterocycles. The smallest absolute Gasteiger partial charge is 0.288 e. The third kappa shape index (κ3) is 2.67. The molecule has 26 heavy (non-hydrogen) atoms. The number of hydrogen-bond donors (Lipinski definition) is 1. The molecule has 130 valence electrons. The molecule has 10 heteroatoms. The first kappa shape index (κ1) is 16.4. The van der Waals surface area contributed by atoms with E-state index in [1.54, 1.807) is 28.7 Å². The molecule has 1 N–H and O–H groups in total. The van der Waals surface area contributed by atoms with Gasteiger partial charge in [-0.05, 0) is 6.07 Å². The van der Waals surface area contributed by atoms with Crippen molar-refractivity contribution in [1.29, 1.82) is 0 Å². The van der Waals surface area contributed by atoms with E-state index in [0.717, 1.165) is 9.64 Å². The van der Waals surface area contributed by atoms with Crippen LogP contribution in [-0.2, 0) is 7.05 Å². The third-order valence-corrected chi connectivity index (χ3v) is 4.81. The number of aromatic nitrogens is 4. The van der Waals surface area contributed by atoms with Crippen LogP contribution < -0.4 is 11.0 Å². The first-order valence-corrected chi connectivity index (χ1v) is 8.72. The molecule has 0 spiro atoms. The van der Waals surface area contributed by atoms with Gasteiger partial charge in [-0.1, -0.05) is 29.8 Å². The number of aryl methyl sites for hydroxylation is 1. The van der Waals surface area contributed by atoms with Gasteiger partial charge in [-0.25, -0.2) is 15.1 Å². The number of imidazole rings is 1. The van der Waals surface area contributed by atoms with Gasteiger partial charge in [0.1, 0.15) is 5.69 Å². The second-order valence-electron chi connectivity index (χ2n) is 5.37. The van der Waals surface area contributed by atoms with E-state index in [9.17, 15) is 9.59 Å². The Balaban J connectivity index is 1.66. The number of amides is 1. The fourth-order valence-electron chi connectivity index (χ4n) is 2.56. The zero-order valence-corrected chi connectivity index (χ0v) is 15.0. The highest BCUT2D eigenvalue weighted by molar-refractivity contribution is 7.15. The van der Waals surface area contributed by atoms with Crippen LogP contribution in [0.5, 0.6) is 0 Å². The number of halogens is 1. The van der Waals surface area contributed by atoms with Gasteiger partial charge in [-0.3, -0.25) is 14.0 Å². The number of thiazole rings is 1. The molecule has 0 aliphatic rings. The predicted molar refractivity (Wildman–Crippen MR) is 100 cm³/mol. The molecule has 3 aromatic heterocycles. The summed E-state index contributed by atoms with van der Waals surface area (Å²) in [4.78, 5) is 29.5. The molecule has 0 unspecified atom stereocenters. The molecule has 1 amide bonds. The van der Waals surface area contributed by atoms with Crippen LogP contribution in [0.4, 0.5) is 0 Å². The second-order valence-corrected chi connectivity index (χ2v) is 6.60. The van der Waals surface area contributed by atoms with E-state index >= 15 is 0 Å². The summed E-state index contributed by atoms with van der Waals surface area (Å²) < 4.78 is 2.90. The largest absolute Gasteiger partial charge is 0.292 e. The maximum Gasteiger partial charge on any atom is 0.292 e. The first-order chi connectivity index (χ1) is 12.6. The molecule has 4 rings (SSSR count). The second kappa shape index (κ2) is 6.36. The van der Waals surface area contributed by atoms with Crippen LogP contribution in [0.1, 0.15) is 16.2 Å². The van der Waals surface area contributed by atoms with Gasteiger partial charge in [0.05, 0.1) is 11.6 Å². The standard InChI is InChI=1S/C16H11ClN6O2S/c1-22-15(25)10-5-3-2-4-9(10)12(21-22)14(24)20-18-8-11-13(17)19-16-23(11)6-7-26-16/h2-8H,1H3,(H,20,24)/b18-8+. The van der Waals surface area contributed by atoms with Gasteiger partial charge in [-0.15, -0.1) is 11.3 Å². The normalized spacial score (nSPS) is 11.6. The number of rotatable bonds is 3. The zero-order chi connectivity index (χ0) is 18.3. The Morgan fingerprint density at radius 2 is 2.12 bits per heavy atom. The summed E-state index contributed by atoms with van der Waals surface area (Å²) in [7, 11) is 1.49. The van der Waals surface area contributed by atoms with Crippen molar-refractivity contribution >= 4 is 50.8 Å². The SMILES string of the molecule is Cn1nc(C(=O)N/N=C/c2c(Cl)nc3sccn23)c2ccccc2c1=O. The van der Waals surface area contributed by atoms with E-state index in [4.69, 9.17) is 11.6 Å². The molecule has 0 radical (unpaired) electrons. The molecule has 0 bridgehead atoms. The summed E-state index contributed by atoms with van der Waals surface area (Å²) >= 11 is 7.52. The highest BCUT2D eigenvalue weighted by Crippen LogP contribution is 2.19. The van der Waals surface area contributed by atoms with Crippen molar-refractivity contribution in [2.24, 2.45) is 12.1 Å². The van der Waals surface area contributed by atoms with Crippen molar-refractivity contribution in [2.75, 3.05) is 0 Å². The summed E-state index contributed by atoms with van der Waals surface area (Å²) in [5.41, 5.74) is 2.81. The van der Waals surface area contributed by atoms with Gasteiger partial charge >= 0.3 is 0 Å². The maximum atomic E-state index is 12.5. The van der Waals surface area contributed by atoms with E-state index in [-0.39, 0.29) is 11.3 Å². The lowest BCUT2D eigenvalue weighted by atomic mass is 10.1. The molecular formula is C16H11ClN6O2S. The van der Waals surface area contributed by atoms with Gasteiger partial charge in [0.15, 0.2) is 15.8 Å². The summed E-state index contributed by atoms with van der Waals surface area (Å²) in [6.45, 7) is 0. The van der Waals surface area contributed by atoms with Gasteiger partial charge in [0.2, 0.25) is 0 Å². The van der Waals surface area contributed by atoms with Crippen LogP contribution in [-0.4, -0.2) is 31.3 Å². The molecule has 1 aromatic carbocycles. The molecular weight excluding hydrogens is 376 g/mol. The topological polar surface area (TPSA) is 93.7 Å². The maximum absolute atomic E-state index is 12.5. The minimum atomic E-state index is -0.532. The number of hydrogen-bond acceptors (Lipinski definition) is 6. The van der Waals surface area contributed by atoms with Crippen molar-refractivity contribution in [3.05, 3.63) is 62.7 Å². The minimum Gasteiger partial charge on any atom is -0.288 e. The van der Waals surface area contributed by atoms with Crippen molar-refractivity contribution in [3.63, 3.8) is 0 Å². The third-order valence-electron chi connectivity index (χ3n) is 3.78. The molecule has 0 saturated carbocycles. The molecule has 0 saturated heterocycles. The van der Waals surface area contributed by atoms with E-state index in [1.165, 1.54) is 24.6 Å². The molecule has 0 atom stereocenters. The first-order valence-electron chi connectivity index (χ1n) is 7.47. The number of fused-ring (bicyclic) bond motifs is 2. The summed E-state index contributed by atoms with van der Waals surface area (Å²) in [6, 6.07) is 6.80. The zero-order valence-electron chi connectivity index (χ0n) is 13.4.